The first-order chi connectivity index (χ1) is 6.58. The molecule has 1 aliphatic carbocycles. The second-order valence-corrected chi connectivity index (χ2v) is 6.29. The number of rotatable bonds is 3. The van der Waals surface area contributed by atoms with Gasteiger partial charge in [0.1, 0.15) is 0 Å². The van der Waals surface area contributed by atoms with Crippen molar-refractivity contribution >= 4 is 34.8 Å². The van der Waals surface area contributed by atoms with Gasteiger partial charge in [-0.15, -0.1) is 0 Å². The van der Waals surface area contributed by atoms with Crippen LogP contribution in [0.5, 0.6) is 0 Å². The van der Waals surface area contributed by atoms with Crippen LogP contribution in [0.3, 0.4) is 0 Å². The molecule has 0 amide bonds. The molecule has 0 aromatic carbocycles. The van der Waals surface area contributed by atoms with Crippen LogP contribution in [0.4, 0.5) is 0 Å². The number of hydrogen-bond acceptors (Lipinski definition) is 1. The summed E-state index contributed by atoms with van der Waals surface area (Å²) in [4.78, 5) is 0. The Hall–Kier alpha value is 0.830. The molecule has 1 radical (unpaired) electrons. The van der Waals surface area contributed by atoms with Crippen LogP contribution in [0.2, 0.25) is 0 Å². The van der Waals surface area contributed by atoms with Gasteiger partial charge in [0.25, 0.3) is 0 Å². The Balaban J connectivity index is 2.10. The van der Waals surface area contributed by atoms with Crippen LogP contribution < -0.4 is 0 Å². The molecule has 1 nitrogen and oxygen atoms in total. The highest BCUT2D eigenvalue weighted by Gasteiger charge is 2.21. The summed E-state index contributed by atoms with van der Waals surface area (Å²) in [5, 5.41) is 0. The maximum Gasteiger partial charge on any atom is 0.213 e. The molecule has 83 valence electrons. The van der Waals surface area contributed by atoms with E-state index in [2.05, 4.69) is 0 Å². The van der Waals surface area contributed by atoms with E-state index >= 15 is 0 Å². The molecule has 0 N–H and O–H groups in total. The Morgan fingerprint density at radius 3 is 2.07 bits per heavy atom. The third kappa shape index (κ3) is 6.34. The average molecular weight is 259 g/mol. The van der Waals surface area contributed by atoms with Gasteiger partial charge in [0.05, 0.1) is 13.2 Å². The molecule has 0 aromatic heterocycles. The monoisotopic (exact) mass is 257 g/mol. The van der Waals surface area contributed by atoms with Gasteiger partial charge >= 0.3 is 0 Å². The van der Waals surface area contributed by atoms with Crippen LogP contribution in [0.1, 0.15) is 38.5 Å². The first kappa shape index (κ1) is 12.9. The van der Waals surface area contributed by atoms with Crippen molar-refractivity contribution in [3.05, 3.63) is 5.92 Å². The third-order valence-corrected chi connectivity index (χ3v) is 2.71. The number of alkyl halides is 3. The second kappa shape index (κ2) is 6.42. The van der Waals surface area contributed by atoms with E-state index in [0.29, 0.717) is 6.61 Å². The van der Waals surface area contributed by atoms with Gasteiger partial charge in [-0.25, -0.2) is 0 Å². The summed E-state index contributed by atoms with van der Waals surface area (Å²) in [6, 6.07) is 0. The minimum atomic E-state index is -1.27. The van der Waals surface area contributed by atoms with Crippen LogP contribution in [-0.2, 0) is 4.74 Å². The van der Waals surface area contributed by atoms with Crippen molar-refractivity contribution in [1.82, 2.24) is 0 Å². The van der Waals surface area contributed by atoms with Crippen molar-refractivity contribution in [1.29, 1.82) is 0 Å². The summed E-state index contributed by atoms with van der Waals surface area (Å²) >= 11 is 16.7. The third-order valence-electron chi connectivity index (χ3n) is 2.38. The Labute approximate surface area is 101 Å². The highest BCUT2D eigenvalue weighted by molar-refractivity contribution is 6.67. The minimum absolute atomic E-state index is 0.182. The summed E-state index contributed by atoms with van der Waals surface area (Å²) in [7, 11) is 0. The zero-order chi connectivity index (χ0) is 10.4. The number of halogens is 3. The van der Waals surface area contributed by atoms with Gasteiger partial charge in [-0.05, 0) is 12.8 Å². The van der Waals surface area contributed by atoms with E-state index in [1.54, 1.807) is 0 Å². The van der Waals surface area contributed by atoms with Crippen LogP contribution in [-0.4, -0.2) is 17.0 Å². The predicted molar refractivity (Wildman–Crippen MR) is 62.1 cm³/mol. The standard InChI is InChI=1S/C10H16Cl3O/c11-10(12,13)8-14-7-9-5-3-1-2-4-6-9/h1-8H2. The van der Waals surface area contributed by atoms with Gasteiger partial charge in [0.2, 0.25) is 3.79 Å². The average Bonchev–Trinajstić information content (AvgIpc) is 2.30. The lowest BCUT2D eigenvalue weighted by atomic mass is 10.0. The molecule has 1 fully saturated rings. The van der Waals surface area contributed by atoms with Crippen LogP contribution >= 0.6 is 34.8 Å². The number of hydrogen-bond donors (Lipinski definition) is 0. The topological polar surface area (TPSA) is 9.23 Å². The lowest BCUT2D eigenvalue weighted by Gasteiger charge is -2.16. The quantitative estimate of drug-likeness (QED) is 0.542. The van der Waals surface area contributed by atoms with E-state index in [0.717, 1.165) is 0 Å². The van der Waals surface area contributed by atoms with Crippen molar-refractivity contribution in [2.75, 3.05) is 13.2 Å². The molecule has 1 aliphatic rings. The van der Waals surface area contributed by atoms with Crippen molar-refractivity contribution in [2.45, 2.75) is 42.3 Å². The maximum absolute atomic E-state index is 5.58. The second-order valence-electron chi connectivity index (χ2n) is 3.77. The fourth-order valence-corrected chi connectivity index (χ4v) is 1.92. The molecule has 1 rings (SSSR count). The van der Waals surface area contributed by atoms with Crippen molar-refractivity contribution < 1.29 is 4.74 Å². The summed E-state index contributed by atoms with van der Waals surface area (Å²) in [6.45, 7) is 0.842. The highest BCUT2D eigenvalue weighted by atomic mass is 35.6. The first-order valence-corrected chi connectivity index (χ1v) is 6.19. The molecule has 0 bridgehead atoms. The molecule has 0 atom stereocenters. The van der Waals surface area contributed by atoms with Gasteiger partial charge in [-0.2, -0.15) is 0 Å². The van der Waals surface area contributed by atoms with E-state index in [9.17, 15) is 0 Å². The maximum atomic E-state index is 5.58. The lowest BCUT2D eigenvalue weighted by Crippen LogP contribution is -2.16. The van der Waals surface area contributed by atoms with E-state index in [4.69, 9.17) is 39.5 Å². The molecule has 0 unspecified atom stereocenters. The lowest BCUT2D eigenvalue weighted by molar-refractivity contribution is 0.143. The van der Waals surface area contributed by atoms with Crippen LogP contribution in [0.25, 0.3) is 0 Å². The molecular weight excluding hydrogens is 242 g/mol. The Bertz CT molecular complexity index is 148. The fourth-order valence-electron chi connectivity index (χ4n) is 1.68. The molecule has 14 heavy (non-hydrogen) atoms. The smallest absolute Gasteiger partial charge is 0.213 e. The molecule has 4 heteroatoms. The zero-order valence-electron chi connectivity index (χ0n) is 8.20. The molecule has 0 saturated heterocycles. The SMILES string of the molecule is ClC(Cl)(Cl)COC[C]1CCCCCC1. The molecule has 1 saturated carbocycles. The summed E-state index contributed by atoms with van der Waals surface area (Å²) in [6.07, 6.45) is 7.61. The first-order valence-electron chi connectivity index (χ1n) is 5.06. The largest absolute Gasteiger partial charge is 0.376 e. The van der Waals surface area contributed by atoms with E-state index in [1.807, 2.05) is 0 Å². The summed E-state index contributed by atoms with van der Waals surface area (Å²) in [5.41, 5.74) is 0. The van der Waals surface area contributed by atoms with Crippen molar-refractivity contribution in [3.63, 3.8) is 0 Å². The molecule has 0 aromatic rings. The molecular formula is C10H16Cl3O. The summed E-state index contributed by atoms with van der Waals surface area (Å²) in [5.74, 6) is 1.47. The van der Waals surface area contributed by atoms with Crippen molar-refractivity contribution in [3.8, 4) is 0 Å². The van der Waals surface area contributed by atoms with E-state index in [-0.39, 0.29) is 6.61 Å². The Kier molecular flexibility index (Phi) is 5.91. The van der Waals surface area contributed by atoms with Gasteiger partial charge in [-0.1, -0.05) is 60.5 Å². The number of ether oxygens (including phenoxy) is 1. The molecule has 0 aliphatic heterocycles. The van der Waals surface area contributed by atoms with Crippen LogP contribution in [0, 0.1) is 5.92 Å². The summed E-state index contributed by atoms with van der Waals surface area (Å²) < 4.78 is 4.09. The van der Waals surface area contributed by atoms with Gasteiger partial charge in [0.15, 0.2) is 0 Å². The normalized spacial score (nSPS) is 20.8. The highest BCUT2D eigenvalue weighted by Crippen LogP contribution is 2.28. The Morgan fingerprint density at radius 2 is 1.57 bits per heavy atom. The van der Waals surface area contributed by atoms with E-state index < -0.39 is 3.79 Å². The van der Waals surface area contributed by atoms with E-state index in [1.165, 1.54) is 44.4 Å². The van der Waals surface area contributed by atoms with Gasteiger partial charge < -0.3 is 4.74 Å². The predicted octanol–water partition coefficient (Wildman–Crippen LogP) is 4.30. The zero-order valence-corrected chi connectivity index (χ0v) is 10.5. The molecule has 0 heterocycles. The fraction of sp³-hybridized carbons (Fsp3) is 0.900. The molecule has 0 spiro atoms. The minimum Gasteiger partial charge on any atom is -0.376 e. The van der Waals surface area contributed by atoms with Crippen LogP contribution in [0.15, 0.2) is 0 Å². The van der Waals surface area contributed by atoms with Crippen molar-refractivity contribution in [2.24, 2.45) is 0 Å². The van der Waals surface area contributed by atoms with Gasteiger partial charge in [0, 0.05) is 5.92 Å². The van der Waals surface area contributed by atoms with Gasteiger partial charge in [-0.3, -0.25) is 0 Å². The Morgan fingerprint density at radius 1 is 1.00 bits per heavy atom.